The molecule has 1 amide bonds. The van der Waals surface area contributed by atoms with Crippen molar-refractivity contribution in [2.24, 2.45) is 4.99 Å². The third kappa shape index (κ3) is 6.99. The quantitative estimate of drug-likeness (QED) is 0.638. The standard InChI is InChI=1S/C21H27ClFN3OS/c1-14(10-16-6-4-7-17(23)11-16)26-20(27)13-28-19-8-5-9-25-21(15(19)2)18(22)12-24-3/h4,6-7,11-12,14,25H,5,8-10,13H2,1-3H3,(H,26,27)/b21-18+,24-12?/t14-/m1/s1. The Labute approximate surface area is 175 Å². The van der Waals surface area contributed by atoms with E-state index in [1.807, 2.05) is 19.9 Å². The third-order valence-corrected chi connectivity index (χ3v) is 5.92. The topological polar surface area (TPSA) is 53.5 Å². The van der Waals surface area contributed by atoms with Gasteiger partial charge in [-0.2, -0.15) is 0 Å². The highest BCUT2D eigenvalue weighted by Gasteiger charge is 2.17. The average molecular weight is 424 g/mol. The molecule has 152 valence electrons. The molecule has 0 aromatic heterocycles. The molecule has 2 N–H and O–H groups in total. The Hall–Kier alpha value is -1.79. The molecular formula is C21H27ClFN3OS. The zero-order valence-corrected chi connectivity index (χ0v) is 18.1. The van der Waals surface area contributed by atoms with Crippen LogP contribution in [0, 0.1) is 5.82 Å². The Morgan fingerprint density at radius 1 is 1.50 bits per heavy atom. The summed E-state index contributed by atoms with van der Waals surface area (Å²) >= 11 is 7.88. The second-order valence-corrected chi connectivity index (χ2v) is 8.26. The number of amides is 1. The number of thioether (sulfide) groups is 1. The summed E-state index contributed by atoms with van der Waals surface area (Å²) in [7, 11) is 1.68. The van der Waals surface area contributed by atoms with Gasteiger partial charge in [0.15, 0.2) is 0 Å². The van der Waals surface area contributed by atoms with Crippen LogP contribution in [-0.4, -0.2) is 37.5 Å². The van der Waals surface area contributed by atoms with Gasteiger partial charge in [-0.1, -0.05) is 23.7 Å². The summed E-state index contributed by atoms with van der Waals surface area (Å²) in [6.45, 7) is 4.78. The molecule has 28 heavy (non-hydrogen) atoms. The maximum Gasteiger partial charge on any atom is 0.230 e. The van der Waals surface area contributed by atoms with Gasteiger partial charge in [-0.05, 0) is 61.3 Å². The fraction of sp³-hybridized carbons (Fsp3) is 0.429. The second kappa shape index (κ2) is 11.3. The van der Waals surface area contributed by atoms with Crippen LogP contribution in [0.5, 0.6) is 0 Å². The van der Waals surface area contributed by atoms with Gasteiger partial charge in [0.2, 0.25) is 5.91 Å². The number of rotatable bonds is 7. The predicted molar refractivity (Wildman–Crippen MR) is 117 cm³/mol. The number of carbonyl (C=O) groups excluding carboxylic acids is 1. The first kappa shape index (κ1) is 22.5. The number of allylic oxidation sites excluding steroid dienone is 3. The highest BCUT2D eigenvalue weighted by molar-refractivity contribution is 8.03. The monoisotopic (exact) mass is 423 g/mol. The Morgan fingerprint density at radius 2 is 2.29 bits per heavy atom. The van der Waals surface area contributed by atoms with E-state index in [1.54, 1.807) is 31.1 Å². The minimum Gasteiger partial charge on any atom is -0.384 e. The lowest BCUT2D eigenvalue weighted by Gasteiger charge is -2.15. The first-order chi connectivity index (χ1) is 13.4. The van der Waals surface area contributed by atoms with Crippen LogP contribution in [0.4, 0.5) is 4.39 Å². The molecule has 1 aromatic carbocycles. The van der Waals surface area contributed by atoms with E-state index in [2.05, 4.69) is 15.6 Å². The third-order valence-electron chi connectivity index (χ3n) is 4.37. The molecule has 2 rings (SSSR count). The Balaban J connectivity index is 1.94. The average Bonchev–Trinajstić information content (AvgIpc) is 2.81. The minimum absolute atomic E-state index is 0.0295. The van der Waals surface area contributed by atoms with E-state index in [9.17, 15) is 9.18 Å². The summed E-state index contributed by atoms with van der Waals surface area (Å²) in [5.41, 5.74) is 2.82. The molecule has 1 atom stereocenters. The van der Waals surface area contributed by atoms with Crippen molar-refractivity contribution in [2.45, 2.75) is 39.2 Å². The van der Waals surface area contributed by atoms with E-state index in [0.717, 1.165) is 41.1 Å². The molecule has 0 fully saturated rings. The van der Waals surface area contributed by atoms with Crippen LogP contribution in [0.2, 0.25) is 0 Å². The molecule has 0 aliphatic carbocycles. The smallest absolute Gasteiger partial charge is 0.230 e. The number of nitrogens with zero attached hydrogens (tertiary/aromatic N) is 1. The van der Waals surface area contributed by atoms with Gasteiger partial charge in [0.05, 0.1) is 16.5 Å². The summed E-state index contributed by atoms with van der Waals surface area (Å²) < 4.78 is 13.3. The van der Waals surface area contributed by atoms with Crippen LogP contribution in [0.3, 0.4) is 0 Å². The molecule has 0 saturated heterocycles. The molecule has 1 aromatic rings. The molecule has 0 spiro atoms. The van der Waals surface area contributed by atoms with Gasteiger partial charge >= 0.3 is 0 Å². The second-order valence-electron chi connectivity index (χ2n) is 6.78. The number of carbonyl (C=O) groups is 1. The predicted octanol–water partition coefficient (Wildman–Crippen LogP) is 4.41. The number of nitrogens with one attached hydrogen (secondary N) is 2. The van der Waals surface area contributed by atoms with Gasteiger partial charge in [0.25, 0.3) is 0 Å². The number of hydrogen-bond donors (Lipinski definition) is 2. The zero-order chi connectivity index (χ0) is 20.5. The Kier molecular flexibility index (Phi) is 9.06. The van der Waals surface area contributed by atoms with Crippen molar-refractivity contribution in [3.05, 3.63) is 56.9 Å². The largest absolute Gasteiger partial charge is 0.384 e. The van der Waals surface area contributed by atoms with E-state index in [1.165, 1.54) is 12.1 Å². The van der Waals surface area contributed by atoms with Crippen molar-refractivity contribution >= 4 is 35.5 Å². The van der Waals surface area contributed by atoms with Gasteiger partial charge in [-0.25, -0.2) is 4.39 Å². The highest BCUT2D eigenvalue weighted by Crippen LogP contribution is 2.31. The first-order valence-electron chi connectivity index (χ1n) is 9.33. The molecule has 0 radical (unpaired) electrons. The maximum absolute atomic E-state index is 13.3. The molecular weight excluding hydrogens is 397 g/mol. The Morgan fingerprint density at radius 3 is 3.00 bits per heavy atom. The SMILES string of the molecule is CN=C/C(Cl)=C1\NCCCC(SCC(=O)N[C@H](C)Cc2cccc(F)c2)=C1C. The molecule has 1 aliphatic rings. The van der Waals surface area contributed by atoms with Crippen LogP contribution in [0.25, 0.3) is 0 Å². The number of halogens is 2. The maximum atomic E-state index is 13.3. The molecule has 1 heterocycles. The normalized spacial score (nSPS) is 17.9. The molecule has 1 aliphatic heterocycles. The minimum atomic E-state index is -0.258. The van der Waals surface area contributed by atoms with Gasteiger partial charge in [-0.3, -0.25) is 9.79 Å². The number of hydrogen-bond acceptors (Lipinski definition) is 4. The molecule has 4 nitrogen and oxygen atoms in total. The van der Waals surface area contributed by atoms with E-state index >= 15 is 0 Å². The van der Waals surface area contributed by atoms with Gasteiger partial charge < -0.3 is 10.6 Å². The van der Waals surface area contributed by atoms with Gasteiger partial charge in [0.1, 0.15) is 5.82 Å². The number of aliphatic imine (C=N–C) groups is 1. The lowest BCUT2D eigenvalue weighted by molar-refractivity contribution is -0.119. The van der Waals surface area contributed by atoms with Crippen LogP contribution in [0.1, 0.15) is 32.3 Å². The van der Waals surface area contributed by atoms with E-state index < -0.39 is 0 Å². The van der Waals surface area contributed by atoms with Gasteiger partial charge in [-0.15, -0.1) is 11.8 Å². The van der Waals surface area contributed by atoms with Crippen molar-refractivity contribution in [3.63, 3.8) is 0 Å². The summed E-state index contributed by atoms with van der Waals surface area (Å²) in [5, 5.41) is 6.92. The van der Waals surface area contributed by atoms with Gasteiger partial charge in [0, 0.05) is 25.8 Å². The molecule has 7 heteroatoms. The molecule has 0 unspecified atom stereocenters. The van der Waals surface area contributed by atoms with Crippen LogP contribution in [0.15, 0.2) is 50.5 Å². The fourth-order valence-electron chi connectivity index (χ4n) is 3.08. The molecule has 0 bridgehead atoms. The van der Waals surface area contributed by atoms with Crippen molar-refractivity contribution in [1.82, 2.24) is 10.6 Å². The van der Waals surface area contributed by atoms with Crippen LogP contribution >= 0.6 is 23.4 Å². The summed E-state index contributed by atoms with van der Waals surface area (Å²) in [6.07, 6.45) is 4.11. The number of benzene rings is 1. The summed E-state index contributed by atoms with van der Waals surface area (Å²) in [4.78, 5) is 17.5. The van der Waals surface area contributed by atoms with Crippen LogP contribution < -0.4 is 10.6 Å². The highest BCUT2D eigenvalue weighted by atomic mass is 35.5. The first-order valence-corrected chi connectivity index (χ1v) is 10.7. The fourth-order valence-corrected chi connectivity index (χ4v) is 4.38. The van der Waals surface area contributed by atoms with E-state index in [-0.39, 0.29) is 17.8 Å². The summed E-state index contributed by atoms with van der Waals surface area (Å²) in [6, 6.07) is 6.41. The van der Waals surface area contributed by atoms with Crippen molar-refractivity contribution in [2.75, 3.05) is 19.3 Å². The summed E-state index contributed by atoms with van der Waals surface area (Å²) in [5.74, 6) is 0.0530. The van der Waals surface area contributed by atoms with Crippen molar-refractivity contribution in [1.29, 1.82) is 0 Å². The van der Waals surface area contributed by atoms with Crippen molar-refractivity contribution in [3.8, 4) is 0 Å². The zero-order valence-electron chi connectivity index (χ0n) is 16.5. The van der Waals surface area contributed by atoms with Crippen LogP contribution in [-0.2, 0) is 11.2 Å². The van der Waals surface area contributed by atoms with Crippen molar-refractivity contribution < 1.29 is 9.18 Å². The lowest BCUT2D eigenvalue weighted by Crippen LogP contribution is -2.35. The van der Waals surface area contributed by atoms with E-state index in [0.29, 0.717) is 17.2 Å². The Bertz CT molecular complexity index is 792. The molecule has 0 saturated carbocycles. The van der Waals surface area contributed by atoms with E-state index in [4.69, 9.17) is 11.6 Å². The lowest BCUT2D eigenvalue weighted by atomic mass is 10.1.